The van der Waals surface area contributed by atoms with Gasteiger partial charge in [0.1, 0.15) is 17.7 Å². The van der Waals surface area contributed by atoms with Gasteiger partial charge in [-0.2, -0.15) is 18.3 Å². The third-order valence-corrected chi connectivity index (χ3v) is 7.01. The van der Waals surface area contributed by atoms with Gasteiger partial charge < -0.3 is 20.2 Å². The van der Waals surface area contributed by atoms with Crippen molar-refractivity contribution >= 4 is 28.8 Å². The van der Waals surface area contributed by atoms with Crippen LogP contribution in [0.3, 0.4) is 0 Å². The molecule has 8 nitrogen and oxygen atoms in total. The number of carbonyl (C=O) groups excluding carboxylic acids is 2. The average molecular weight is 502 g/mol. The van der Waals surface area contributed by atoms with E-state index in [1.807, 2.05) is 23.0 Å². The molecule has 190 valence electrons. The molecule has 2 aromatic heterocycles. The van der Waals surface area contributed by atoms with E-state index < -0.39 is 23.5 Å². The summed E-state index contributed by atoms with van der Waals surface area (Å²) in [5.41, 5.74) is 6.13. The van der Waals surface area contributed by atoms with Gasteiger partial charge >= 0.3 is 6.18 Å². The molecule has 0 unspecified atom stereocenters. The average Bonchev–Trinajstić information content (AvgIpc) is 3.30. The van der Waals surface area contributed by atoms with Gasteiger partial charge in [0.25, 0.3) is 5.91 Å². The second kappa shape index (κ2) is 9.53. The van der Waals surface area contributed by atoms with Crippen molar-refractivity contribution < 1.29 is 27.5 Å². The number of hydrogen-bond acceptors (Lipinski definition) is 6. The fourth-order valence-electron chi connectivity index (χ4n) is 5.07. The number of anilines is 1. The number of alkyl halides is 3. The van der Waals surface area contributed by atoms with Crippen molar-refractivity contribution in [1.82, 2.24) is 14.8 Å². The Kier molecular flexibility index (Phi) is 6.42. The highest BCUT2D eigenvalue weighted by atomic mass is 19.4. The van der Waals surface area contributed by atoms with Gasteiger partial charge in [-0.15, -0.1) is 0 Å². The molecule has 0 spiro atoms. The monoisotopic (exact) mass is 501 g/mol. The van der Waals surface area contributed by atoms with E-state index in [-0.39, 0.29) is 17.5 Å². The first-order chi connectivity index (χ1) is 17.2. The van der Waals surface area contributed by atoms with Crippen LogP contribution in [-0.2, 0) is 15.7 Å². The van der Waals surface area contributed by atoms with Crippen molar-refractivity contribution in [3.63, 3.8) is 0 Å². The van der Waals surface area contributed by atoms with Crippen LogP contribution in [0.4, 0.5) is 18.9 Å². The number of nitrogens with two attached hydrogens (primary N) is 1. The van der Waals surface area contributed by atoms with Gasteiger partial charge in [-0.25, -0.2) is 4.98 Å². The van der Waals surface area contributed by atoms with E-state index in [9.17, 15) is 22.8 Å². The maximum Gasteiger partial charge on any atom is 0.433 e. The first-order valence-corrected chi connectivity index (χ1v) is 11.9. The number of nitrogens with zero attached hydrogens (tertiary/aromatic N) is 4. The lowest BCUT2D eigenvalue weighted by Gasteiger charge is -2.31. The smallest absolute Gasteiger partial charge is 0.378 e. The number of halogens is 3. The molecule has 1 aliphatic carbocycles. The van der Waals surface area contributed by atoms with Crippen LogP contribution in [0.1, 0.15) is 47.9 Å². The number of pyridine rings is 1. The second-order valence-electron chi connectivity index (χ2n) is 9.30. The molecular formula is C25H26F3N5O3. The molecule has 36 heavy (non-hydrogen) atoms. The largest absolute Gasteiger partial charge is 0.433 e. The molecule has 11 heteroatoms. The normalized spacial score (nSPS) is 21.0. The maximum absolute atomic E-state index is 13.3. The number of hydrogen-bond donors (Lipinski definition) is 1. The summed E-state index contributed by atoms with van der Waals surface area (Å²) in [6.07, 6.45) is 1.54. The minimum atomic E-state index is -4.70. The molecule has 2 N–H and O–H groups in total. The van der Waals surface area contributed by atoms with Gasteiger partial charge in [-0.1, -0.05) is 0 Å². The number of amides is 1. The zero-order valence-electron chi connectivity index (χ0n) is 19.5. The number of primary amides is 1. The first kappa shape index (κ1) is 24.2. The van der Waals surface area contributed by atoms with Crippen molar-refractivity contribution in [3.05, 3.63) is 41.9 Å². The first-order valence-electron chi connectivity index (χ1n) is 11.9. The lowest BCUT2D eigenvalue weighted by atomic mass is 9.87. The lowest BCUT2D eigenvalue weighted by Crippen LogP contribution is -2.36. The molecule has 1 aromatic carbocycles. The maximum atomic E-state index is 13.3. The molecule has 1 amide bonds. The third kappa shape index (κ3) is 4.67. The Balaban J connectivity index is 1.62. The molecule has 2 fully saturated rings. The van der Waals surface area contributed by atoms with Gasteiger partial charge in [-0.3, -0.25) is 9.48 Å². The Labute approximate surface area is 205 Å². The number of benzene rings is 1. The van der Waals surface area contributed by atoms with E-state index in [0.717, 1.165) is 54.6 Å². The molecule has 3 aromatic rings. The fourth-order valence-corrected chi connectivity index (χ4v) is 5.07. The summed E-state index contributed by atoms with van der Waals surface area (Å²) in [6, 6.07) is 6.01. The quantitative estimate of drug-likeness (QED) is 0.531. The Morgan fingerprint density at radius 1 is 1.08 bits per heavy atom. The lowest BCUT2D eigenvalue weighted by molar-refractivity contribution is -0.141. The highest BCUT2D eigenvalue weighted by molar-refractivity contribution is 6.02. The summed E-state index contributed by atoms with van der Waals surface area (Å²) in [5, 5.41) is 5.58. The zero-order chi connectivity index (χ0) is 25.4. The standard InChI is InChI=1S/C25H26F3N5O3/c26-25(27,28)22-6-5-18(23(30-22)24(29)35)19-11-16-13-33(17-3-1-15(14-34)2-4-17)31-20(16)12-21(19)32-7-9-36-10-8-32/h5-6,11-15,17H,1-4,7-10H2,(H2,29,35). The number of fused-ring (bicyclic) bond motifs is 1. The Bertz CT molecular complexity index is 1290. The van der Waals surface area contributed by atoms with Crippen molar-refractivity contribution in [2.24, 2.45) is 11.7 Å². The molecule has 1 aliphatic heterocycles. The summed E-state index contributed by atoms with van der Waals surface area (Å²) in [5.74, 6) is -0.947. The predicted octanol–water partition coefficient (Wildman–Crippen LogP) is 3.98. The Morgan fingerprint density at radius 2 is 1.81 bits per heavy atom. The molecule has 0 bridgehead atoms. The number of carbonyl (C=O) groups is 2. The van der Waals surface area contributed by atoms with E-state index in [4.69, 9.17) is 15.6 Å². The second-order valence-corrected chi connectivity index (χ2v) is 9.30. The molecule has 0 radical (unpaired) electrons. The molecule has 5 rings (SSSR count). The van der Waals surface area contributed by atoms with Gasteiger partial charge in [0.15, 0.2) is 0 Å². The van der Waals surface area contributed by atoms with Crippen LogP contribution in [0.25, 0.3) is 22.0 Å². The van der Waals surface area contributed by atoms with E-state index >= 15 is 0 Å². The van der Waals surface area contributed by atoms with Crippen LogP contribution in [0.15, 0.2) is 30.5 Å². The number of aromatic nitrogens is 3. The minimum Gasteiger partial charge on any atom is -0.378 e. The van der Waals surface area contributed by atoms with Gasteiger partial charge in [0.2, 0.25) is 0 Å². The van der Waals surface area contributed by atoms with Crippen molar-refractivity contribution in [2.75, 3.05) is 31.2 Å². The van der Waals surface area contributed by atoms with Crippen LogP contribution in [0, 0.1) is 5.92 Å². The van der Waals surface area contributed by atoms with Crippen LogP contribution in [-0.4, -0.2) is 53.3 Å². The summed E-state index contributed by atoms with van der Waals surface area (Å²) in [7, 11) is 0. The van der Waals surface area contributed by atoms with Crippen LogP contribution < -0.4 is 10.6 Å². The van der Waals surface area contributed by atoms with E-state index in [0.29, 0.717) is 31.9 Å². The van der Waals surface area contributed by atoms with Crippen LogP contribution in [0.5, 0.6) is 0 Å². The molecule has 2 aliphatic rings. The van der Waals surface area contributed by atoms with Crippen LogP contribution >= 0.6 is 0 Å². The van der Waals surface area contributed by atoms with Gasteiger partial charge in [0, 0.05) is 47.4 Å². The molecule has 1 saturated heterocycles. The zero-order valence-corrected chi connectivity index (χ0v) is 19.5. The summed E-state index contributed by atoms with van der Waals surface area (Å²) >= 11 is 0. The molecule has 3 heterocycles. The molecule has 0 atom stereocenters. The fraction of sp³-hybridized carbons (Fsp3) is 0.440. The van der Waals surface area contributed by atoms with Crippen LogP contribution in [0.2, 0.25) is 0 Å². The SMILES string of the molecule is NC(=O)c1nc(C(F)(F)F)ccc1-c1cc2cn(C3CCC(C=O)CC3)nc2cc1N1CCOCC1. The van der Waals surface area contributed by atoms with Crippen molar-refractivity contribution in [3.8, 4) is 11.1 Å². The summed E-state index contributed by atoms with van der Waals surface area (Å²) < 4.78 is 47.3. The Hall–Kier alpha value is -3.47. The summed E-state index contributed by atoms with van der Waals surface area (Å²) in [6.45, 7) is 2.16. The number of morpholine rings is 1. The Morgan fingerprint density at radius 3 is 2.44 bits per heavy atom. The number of aldehydes is 1. The molecular weight excluding hydrogens is 475 g/mol. The van der Waals surface area contributed by atoms with E-state index in [1.54, 1.807) is 0 Å². The predicted molar refractivity (Wildman–Crippen MR) is 127 cm³/mol. The van der Waals surface area contributed by atoms with Gasteiger partial charge in [0.05, 0.1) is 24.8 Å². The highest BCUT2D eigenvalue weighted by Crippen LogP contribution is 2.39. The number of rotatable bonds is 5. The summed E-state index contributed by atoms with van der Waals surface area (Å²) in [4.78, 5) is 29.0. The third-order valence-electron chi connectivity index (χ3n) is 7.01. The highest BCUT2D eigenvalue weighted by Gasteiger charge is 2.34. The van der Waals surface area contributed by atoms with Gasteiger partial charge in [-0.05, 0) is 49.9 Å². The van der Waals surface area contributed by atoms with Crippen molar-refractivity contribution in [1.29, 1.82) is 0 Å². The topological polar surface area (TPSA) is 103 Å². The van der Waals surface area contributed by atoms with E-state index in [2.05, 4.69) is 9.88 Å². The van der Waals surface area contributed by atoms with E-state index in [1.165, 1.54) is 6.07 Å². The van der Waals surface area contributed by atoms with Crippen molar-refractivity contribution in [2.45, 2.75) is 37.9 Å². The molecule has 1 saturated carbocycles. The number of ether oxygens (including phenoxy) is 1. The minimum absolute atomic E-state index is 0.0881.